The molecule has 2 aliphatic carbocycles. The average Bonchev–Trinajstić information content (AvgIpc) is 1.23. The Morgan fingerprint density at radius 3 is 0.739 bits per heavy atom. The van der Waals surface area contributed by atoms with Gasteiger partial charge in [-0.05, 0) is 262 Å². The second-order valence-corrected chi connectivity index (χ2v) is 25.4. The van der Waals surface area contributed by atoms with Crippen molar-refractivity contribution in [2.24, 2.45) is 0 Å². The summed E-state index contributed by atoms with van der Waals surface area (Å²) in [6.45, 7) is 6.98. The molecule has 0 bridgehead atoms. The fourth-order valence-corrected chi connectivity index (χ4v) is 14.1. The molecule has 2 aliphatic rings. The van der Waals surface area contributed by atoms with E-state index in [9.17, 15) is 0 Å². The standard InChI is InChI=1S/C88H66/c1-88(2,3)75-51-73(50-74(52-75)68-32-18-30-66(49-68)72-40-44-83-81-42-38-70(54-85(81)77-34-11-13-36-79(77)87(83)56-72)64-28-15-24-60(46-64)58-21-8-5-9-22-58)67-31-17-26-62(48-67)61-25-16-29-65(47-61)71-39-43-82-80-41-37-69(53-84(80)76-33-10-12-35-78(76)86(82)55-71)63-27-14-23-59(45-63)57-19-6-4-7-20-57/h6,8,10-56H,4-5,7,9H2,1-3H3. The Bertz CT molecular complexity index is 5250. The van der Waals surface area contributed by atoms with Crippen molar-refractivity contribution in [1.82, 2.24) is 0 Å². The maximum atomic E-state index is 2.42. The minimum atomic E-state index is -0.0664. The third-order valence-corrected chi connectivity index (χ3v) is 18.8. The van der Waals surface area contributed by atoms with Crippen molar-refractivity contribution in [1.29, 1.82) is 0 Å². The Hall–Kier alpha value is -10.4. The Morgan fingerprint density at radius 2 is 0.455 bits per heavy atom. The summed E-state index contributed by atoms with van der Waals surface area (Å²) in [5.41, 5.74) is 23.5. The van der Waals surface area contributed by atoms with Crippen LogP contribution < -0.4 is 0 Å². The van der Waals surface area contributed by atoms with Crippen molar-refractivity contribution in [3.05, 3.63) is 314 Å². The molecule has 0 heterocycles. The van der Waals surface area contributed by atoms with Gasteiger partial charge in [0.25, 0.3) is 0 Å². The summed E-state index contributed by atoms with van der Waals surface area (Å²) in [5.74, 6) is 0. The monoisotopic (exact) mass is 1120 g/mol. The van der Waals surface area contributed by atoms with Crippen LogP contribution in [0.1, 0.15) is 63.1 Å². The fraction of sp³-hybridized carbons (Fsp3) is 0.0909. The molecule has 0 saturated carbocycles. The number of hydrogen-bond donors (Lipinski definition) is 0. The molecular weight excluding hydrogens is 1060 g/mol. The summed E-state index contributed by atoms with van der Waals surface area (Å²) in [6, 6.07) is 98.9. The number of benzene rings is 14. The van der Waals surface area contributed by atoms with Gasteiger partial charge in [-0.3, -0.25) is 0 Å². The summed E-state index contributed by atoms with van der Waals surface area (Å²) in [4.78, 5) is 0. The van der Waals surface area contributed by atoms with Gasteiger partial charge in [0.2, 0.25) is 0 Å². The summed E-state index contributed by atoms with van der Waals surface area (Å²) in [6.07, 6.45) is 18.3. The molecule has 0 fully saturated rings. The SMILES string of the molecule is CC(C)(C)c1cc(-c2cccc(-c3cccc(-c4ccc5c6ccc(-c7cccc(C8=CCCC=C8)c7)cc6c6ccccc6c5c4)c3)c2)cc(-c2cccc(-c3ccc4c5ccc(-c6cccc(C7=CCCC=C7)c6)cc5c5ccccc5c4c3)c2)c1. The molecule has 88 heavy (non-hydrogen) atoms. The lowest BCUT2D eigenvalue weighted by atomic mass is 9.83. The van der Waals surface area contributed by atoms with E-state index < -0.39 is 0 Å². The van der Waals surface area contributed by atoms with Crippen LogP contribution in [0.2, 0.25) is 0 Å². The Kier molecular flexibility index (Phi) is 13.2. The van der Waals surface area contributed by atoms with Gasteiger partial charge >= 0.3 is 0 Å². The van der Waals surface area contributed by atoms with E-state index in [1.54, 1.807) is 0 Å². The summed E-state index contributed by atoms with van der Waals surface area (Å²) in [5, 5.41) is 15.3. The first-order chi connectivity index (χ1) is 43.2. The number of allylic oxidation sites excluding steroid dienone is 8. The van der Waals surface area contributed by atoms with Gasteiger partial charge in [-0.2, -0.15) is 0 Å². The molecule has 0 aromatic heterocycles. The molecular formula is C88H66. The van der Waals surface area contributed by atoms with Crippen LogP contribution in [0.5, 0.6) is 0 Å². The Balaban J connectivity index is 0.715. The Labute approximate surface area is 516 Å². The van der Waals surface area contributed by atoms with E-state index in [0.717, 1.165) is 25.7 Å². The largest absolute Gasteiger partial charge is 0.0836 e. The highest BCUT2D eigenvalue weighted by molar-refractivity contribution is 6.27. The van der Waals surface area contributed by atoms with E-state index in [0.29, 0.717) is 0 Å². The van der Waals surface area contributed by atoms with Crippen molar-refractivity contribution in [3.63, 3.8) is 0 Å². The average molecular weight is 1120 g/mol. The molecule has 0 aliphatic heterocycles. The molecule has 0 saturated heterocycles. The molecule has 0 N–H and O–H groups in total. The first kappa shape index (κ1) is 53.1. The number of rotatable bonds is 9. The molecule has 0 radical (unpaired) electrons. The zero-order chi connectivity index (χ0) is 58.9. The zero-order valence-electron chi connectivity index (χ0n) is 50.1. The van der Waals surface area contributed by atoms with Crippen molar-refractivity contribution in [3.8, 4) is 77.9 Å². The molecule has 0 nitrogen and oxygen atoms in total. The second-order valence-electron chi connectivity index (χ2n) is 25.4. The molecule has 0 amide bonds. The van der Waals surface area contributed by atoms with Gasteiger partial charge in [0, 0.05) is 0 Å². The minimum Gasteiger partial charge on any atom is -0.0836 e. The fourth-order valence-electron chi connectivity index (χ4n) is 14.1. The van der Waals surface area contributed by atoms with E-state index in [1.165, 1.54) is 170 Å². The van der Waals surface area contributed by atoms with Crippen molar-refractivity contribution < 1.29 is 0 Å². The maximum absolute atomic E-state index is 2.42. The van der Waals surface area contributed by atoms with Gasteiger partial charge in [0.05, 0.1) is 0 Å². The van der Waals surface area contributed by atoms with Crippen LogP contribution in [0.4, 0.5) is 0 Å². The number of hydrogen-bond acceptors (Lipinski definition) is 0. The van der Waals surface area contributed by atoms with Crippen LogP contribution in [-0.2, 0) is 5.41 Å². The van der Waals surface area contributed by atoms with Crippen LogP contribution in [0, 0.1) is 0 Å². The predicted molar refractivity (Wildman–Crippen MR) is 381 cm³/mol. The zero-order valence-corrected chi connectivity index (χ0v) is 50.1. The molecule has 16 rings (SSSR count). The lowest BCUT2D eigenvalue weighted by Gasteiger charge is -2.22. The van der Waals surface area contributed by atoms with E-state index in [1.807, 2.05) is 0 Å². The lowest BCUT2D eigenvalue weighted by molar-refractivity contribution is 0.590. The van der Waals surface area contributed by atoms with Crippen molar-refractivity contribution in [2.75, 3.05) is 0 Å². The summed E-state index contributed by atoms with van der Waals surface area (Å²) >= 11 is 0. The first-order valence-electron chi connectivity index (χ1n) is 31.4. The van der Waals surface area contributed by atoms with Crippen molar-refractivity contribution >= 4 is 75.8 Å². The maximum Gasteiger partial charge on any atom is -0.00928 e. The molecule has 418 valence electrons. The molecule has 14 aromatic rings. The number of fused-ring (bicyclic) bond motifs is 12. The smallest absolute Gasteiger partial charge is 0.00928 e. The molecule has 0 heteroatoms. The van der Waals surface area contributed by atoms with E-state index in [-0.39, 0.29) is 5.41 Å². The molecule has 0 unspecified atom stereocenters. The summed E-state index contributed by atoms with van der Waals surface area (Å²) in [7, 11) is 0. The third-order valence-electron chi connectivity index (χ3n) is 18.8. The highest BCUT2D eigenvalue weighted by atomic mass is 14.2. The normalized spacial score (nSPS) is 13.5. The van der Waals surface area contributed by atoms with Crippen LogP contribution in [0.3, 0.4) is 0 Å². The van der Waals surface area contributed by atoms with Crippen molar-refractivity contribution in [2.45, 2.75) is 51.9 Å². The first-order valence-corrected chi connectivity index (χ1v) is 31.4. The second kappa shape index (κ2) is 21.8. The van der Waals surface area contributed by atoms with E-state index in [2.05, 4.69) is 318 Å². The van der Waals surface area contributed by atoms with Gasteiger partial charge in [-0.25, -0.2) is 0 Å². The van der Waals surface area contributed by atoms with Gasteiger partial charge < -0.3 is 0 Å². The topological polar surface area (TPSA) is 0 Å². The third kappa shape index (κ3) is 9.76. The molecule has 0 atom stereocenters. The predicted octanol–water partition coefficient (Wildman–Crippen LogP) is 25.0. The Morgan fingerprint density at radius 1 is 0.205 bits per heavy atom. The molecule has 0 spiro atoms. The lowest BCUT2D eigenvalue weighted by Crippen LogP contribution is -2.11. The molecule has 14 aromatic carbocycles. The van der Waals surface area contributed by atoms with Crippen LogP contribution in [0.25, 0.3) is 154 Å². The van der Waals surface area contributed by atoms with Crippen LogP contribution in [0.15, 0.2) is 297 Å². The van der Waals surface area contributed by atoms with Crippen LogP contribution >= 0.6 is 0 Å². The van der Waals surface area contributed by atoms with Crippen LogP contribution in [-0.4, -0.2) is 0 Å². The van der Waals surface area contributed by atoms with Gasteiger partial charge in [-0.15, -0.1) is 0 Å². The van der Waals surface area contributed by atoms with E-state index >= 15 is 0 Å². The highest BCUT2D eigenvalue weighted by Crippen LogP contribution is 2.44. The van der Waals surface area contributed by atoms with Gasteiger partial charge in [0.15, 0.2) is 0 Å². The van der Waals surface area contributed by atoms with E-state index in [4.69, 9.17) is 0 Å². The van der Waals surface area contributed by atoms with Gasteiger partial charge in [-0.1, -0.05) is 257 Å². The van der Waals surface area contributed by atoms with Gasteiger partial charge in [0.1, 0.15) is 0 Å². The quantitative estimate of drug-likeness (QED) is 0.126. The highest BCUT2D eigenvalue weighted by Gasteiger charge is 2.20. The minimum absolute atomic E-state index is 0.0664. The summed E-state index contributed by atoms with van der Waals surface area (Å²) < 4.78 is 0.